The van der Waals surface area contributed by atoms with Crippen LogP contribution in [0.2, 0.25) is 0 Å². The highest BCUT2D eigenvalue weighted by Gasteiger charge is 2.01. The molecule has 1 aromatic rings. The van der Waals surface area contributed by atoms with Crippen LogP contribution in [0.3, 0.4) is 0 Å². The molecule has 3 heteroatoms. The van der Waals surface area contributed by atoms with Crippen LogP contribution in [0, 0.1) is 6.92 Å². The minimum Gasteiger partial charge on any atom is -0.382 e. The molecule has 1 atom stereocenters. The van der Waals surface area contributed by atoms with Crippen LogP contribution in [0.15, 0.2) is 18.2 Å². The maximum Gasteiger partial charge on any atom is 0.0715 e. The average molecular weight is 208 g/mol. The molecule has 0 saturated carbocycles. The van der Waals surface area contributed by atoms with E-state index >= 15 is 0 Å². The molecule has 0 aromatic heterocycles. The molecule has 3 N–H and O–H groups in total. The summed E-state index contributed by atoms with van der Waals surface area (Å²) in [5, 5.41) is 3.32. The fraction of sp³-hybridized carbons (Fsp3) is 0.500. The summed E-state index contributed by atoms with van der Waals surface area (Å²) in [4.78, 5) is 0. The number of anilines is 1. The third kappa shape index (κ3) is 3.53. The number of aryl methyl sites for hydroxylation is 1. The number of ether oxygens (including phenoxy) is 1. The predicted molar refractivity (Wildman–Crippen MR) is 64.0 cm³/mol. The second-order valence-corrected chi connectivity index (χ2v) is 3.77. The molecule has 1 aromatic carbocycles. The molecule has 0 fully saturated rings. The van der Waals surface area contributed by atoms with E-state index in [2.05, 4.69) is 30.4 Å². The van der Waals surface area contributed by atoms with Crippen molar-refractivity contribution in [3.8, 4) is 0 Å². The standard InChI is InChI=1S/C12H20N2O/c1-9-6-12(5-4-11(9)7-13)14-8-10(2)15-3/h4-6,10,14H,7-8,13H2,1-3H3. The number of nitrogens with two attached hydrogens (primary N) is 1. The highest BCUT2D eigenvalue weighted by atomic mass is 16.5. The second-order valence-electron chi connectivity index (χ2n) is 3.77. The molecule has 84 valence electrons. The van der Waals surface area contributed by atoms with E-state index < -0.39 is 0 Å². The van der Waals surface area contributed by atoms with Gasteiger partial charge < -0.3 is 15.8 Å². The molecule has 0 aliphatic carbocycles. The van der Waals surface area contributed by atoms with Crippen LogP contribution < -0.4 is 11.1 Å². The van der Waals surface area contributed by atoms with E-state index in [9.17, 15) is 0 Å². The second kappa shape index (κ2) is 5.73. The minimum atomic E-state index is 0.222. The Morgan fingerprint density at radius 3 is 2.73 bits per heavy atom. The summed E-state index contributed by atoms with van der Waals surface area (Å²) in [6, 6.07) is 6.23. The van der Waals surface area contributed by atoms with Gasteiger partial charge in [-0.2, -0.15) is 0 Å². The Labute approximate surface area is 91.6 Å². The summed E-state index contributed by atoms with van der Waals surface area (Å²) < 4.78 is 5.16. The lowest BCUT2D eigenvalue weighted by Gasteiger charge is -2.13. The zero-order valence-corrected chi connectivity index (χ0v) is 9.71. The van der Waals surface area contributed by atoms with E-state index in [1.165, 1.54) is 11.1 Å². The molecular formula is C12H20N2O. The number of methoxy groups -OCH3 is 1. The molecule has 0 aliphatic rings. The van der Waals surface area contributed by atoms with Crippen LogP contribution in [-0.2, 0) is 11.3 Å². The number of hydrogen-bond acceptors (Lipinski definition) is 3. The van der Waals surface area contributed by atoms with Crippen molar-refractivity contribution in [2.45, 2.75) is 26.5 Å². The molecule has 1 rings (SSSR count). The molecule has 0 spiro atoms. The van der Waals surface area contributed by atoms with E-state index in [-0.39, 0.29) is 6.10 Å². The molecular weight excluding hydrogens is 188 g/mol. The SMILES string of the molecule is COC(C)CNc1ccc(CN)c(C)c1. The summed E-state index contributed by atoms with van der Waals surface area (Å²) in [6.45, 7) is 5.53. The molecule has 0 radical (unpaired) electrons. The predicted octanol–water partition coefficient (Wildman–Crippen LogP) is 1.90. The van der Waals surface area contributed by atoms with Crippen molar-refractivity contribution in [1.29, 1.82) is 0 Å². The van der Waals surface area contributed by atoms with Crippen LogP contribution in [0.4, 0.5) is 5.69 Å². The van der Waals surface area contributed by atoms with Crippen LogP contribution in [0.1, 0.15) is 18.1 Å². The Hall–Kier alpha value is -1.06. The highest BCUT2D eigenvalue weighted by molar-refractivity contribution is 5.48. The zero-order chi connectivity index (χ0) is 11.3. The van der Waals surface area contributed by atoms with Gasteiger partial charge in [-0.25, -0.2) is 0 Å². The smallest absolute Gasteiger partial charge is 0.0715 e. The van der Waals surface area contributed by atoms with Gasteiger partial charge in [-0.05, 0) is 37.1 Å². The first-order valence-corrected chi connectivity index (χ1v) is 5.23. The van der Waals surface area contributed by atoms with Gasteiger partial charge in [-0.1, -0.05) is 6.07 Å². The van der Waals surface area contributed by atoms with E-state index in [4.69, 9.17) is 10.5 Å². The molecule has 0 aliphatic heterocycles. The number of hydrogen-bond donors (Lipinski definition) is 2. The maximum absolute atomic E-state index is 5.60. The Morgan fingerprint density at radius 2 is 2.20 bits per heavy atom. The van der Waals surface area contributed by atoms with Crippen LogP contribution >= 0.6 is 0 Å². The van der Waals surface area contributed by atoms with Crippen molar-refractivity contribution in [3.05, 3.63) is 29.3 Å². The van der Waals surface area contributed by atoms with Gasteiger partial charge in [0.15, 0.2) is 0 Å². The van der Waals surface area contributed by atoms with Crippen molar-refractivity contribution in [2.75, 3.05) is 19.0 Å². The van der Waals surface area contributed by atoms with E-state index in [0.29, 0.717) is 6.54 Å². The summed E-state index contributed by atoms with van der Waals surface area (Å²) in [6.07, 6.45) is 0.222. The summed E-state index contributed by atoms with van der Waals surface area (Å²) in [5.41, 5.74) is 9.15. The zero-order valence-electron chi connectivity index (χ0n) is 9.71. The lowest BCUT2D eigenvalue weighted by molar-refractivity contribution is 0.129. The van der Waals surface area contributed by atoms with Gasteiger partial charge in [0.2, 0.25) is 0 Å². The first kappa shape index (κ1) is 12.0. The summed E-state index contributed by atoms with van der Waals surface area (Å²) in [7, 11) is 1.72. The Kier molecular flexibility index (Phi) is 4.59. The highest BCUT2D eigenvalue weighted by Crippen LogP contribution is 2.14. The molecule has 15 heavy (non-hydrogen) atoms. The largest absolute Gasteiger partial charge is 0.382 e. The van der Waals surface area contributed by atoms with Gasteiger partial charge in [0.25, 0.3) is 0 Å². The Bertz CT molecular complexity index is 312. The van der Waals surface area contributed by atoms with Gasteiger partial charge in [-0.15, -0.1) is 0 Å². The fourth-order valence-corrected chi connectivity index (χ4v) is 1.38. The maximum atomic E-state index is 5.60. The van der Waals surface area contributed by atoms with Crippen molar-refractivity contribution >= 4 is 5.69 Å². The summed E-state index contributed by atoms with van der Waals surface area (Å²) in [5.74, 6) is 0. The third-order valence-corrected chi connectivity index (χ3v) is 2.56. The first-order chi connectivity index (χ1) is 7.17. The Morgan fingerprint density at radius 1 is 1.47 bits per heavy atom. The van der Waals surface area contributed by atoms with Crippen LogP contribution in [-0.4, -0.2) is 19.8 Å². The van der Waals surface area contributed by atoms with Crippen LogP contribution in [0.5, 0.6) is 0 Å². The molecule has 0 saturated heterocycles. The lowest BCUT2D eigenvalue weighted by atomic mass is 10.1. The van der Waals surface area contributed by atoms with Crippen molar-refractivity contribution in [1.82, 2.24) is 0 Å². The summed E-state index contributed by atoms with van der Waals surface area (Å²) >= 11 is 0. The fourth-order valence-electron chi connectivity index (χ4n) is 1.38. The number of nitrogens with one attached hydrogen (secondary N) is 1. The van der Waals surface area contributed by atoms with Gasteiger partial charge in [0.05, 0.1) is 6.10 Å². The van der Waals surface area contributed by atoms with Gasteiger partial charge in [0.1, 0.15) is 0 Å². The van der Waals surface area contributed by atoms with Gasteiger partial charge >= 0.3 is 0 Å². The lowest BCUT2D eigenvalue weighted by Crippen LogP contribution is -2.18. The van der Waals surface area contributed by atoms with Crippen molar-refractivity contribution in [3.63, 3.8) is 0 Å². The molecule has 0 amide bonds. The minimum absolute atomic E-state index is 0.222. The van der Waals surface area contributed by atoms with E-state index in [1.54, 1.807) is 7.11 Å². The molecule has 3 nitrogen and oxygen atoms in total. The average Bonchev–Trinajstić information content (AvgIpc) is 2.26. The Balaban J connectivity index is 2.59. The quantitative estimate of drug-likeness (QED) is 0.777. The molecule has 0 heterocycles. The topological polar surface area (TPSA) is 47.3 Å². The molecule has 0 bridgehead atoms. The third-order valence-electron chi connectivity index (χ3n) is 2.56. The first-order valence-electron chi connectivity index (χ1n) is 5.23. The monoisotopic (exact) mass is 208 g/mol. The number of benzene rings is 1. The molecule has 1 unspecified atom stereocenters. The van der Waals surface area contributed by atoms with Crippen molar-refractivity contribution in [2.24, 2.45) is 5.73 Å². The van der Waals surface area contributed by atoms with E-state index in [0.717, 1.165) is 12.2 Å². The van der Waals surface area contributed by atoms with Gasteiger partial charge in [-0.3, -0.25) is 0 Å². The normalized spacial score (nSPS) is 12.5. The van der Waals surface area contributed by atoms with Crippen LogP contribution in [0.25, 0.3) is 0 Å². The van der Waals surface area contributed by atoms with E-state index in [1.807, 2.05) is 6.92 Å². The van der Waals surface area contributed by atoms with Crippen molar-refractivity contribution < 1.29 is 4.74 Å². The number of rotatable bonds is 5. The van der Waals surface area contributed by atoms with Gasteiger partial charge in [0, 0.05) is 25.9 Å².